The normalized spacial score (nSPS) is 10.5. The minimum Gasteiger partial charge on any atom is -0.479 e. The second-order valence-electron chi connectivity index (χ2n) is 3.03. The van der Waals surface area contributed by atoms with Crippen molar-refractivity contribution in [3.8, 4) is 11.8 Å². The van der Waals surface area contributed by atoms with E-state index in [2.05, 4.69) is 10.2 Å². The van der Waals surface area contributed by atoms with Gasteiger partial charge in [-0.05, 0) is 12.1 Å². The van der Waals surface area contributed by atoms with Gasteiger partial charge in [0.05, 0.1) is 35.0 Å². The van der Waals surface area contributed by atoms with Gasteiger partial charge in [0.1, 0.15) is 0 Å². The number of halogens is 2. The van der Waals surface area contributed by atoms with Gasteiger partial charge in [-0.25, -0.2) is 0 Å². The average molecular weight is 259 g/mol. The Labute approximate surface area is 102 Å². The second-order valence-corrected chi connectivity index (χ2v) is 3.84. The summed E-state index contributed by atoms with van der Waals surface area (Å²) < 4.78 is 10.2. The zero-order valence-corrected chi connectivity index (χ0v) is 10.1. The number of hydrogen-bond donors (Lipinski definition) is 0. The number of methoxy groups -OCH3 is 2. The molecular formula is C10H8Cl2N2O2. The van der Waals surface area contributed by atoms with Crippen LogP contribution in [0.3, 0.4) is 0 Å². The lowest BCUT2D eigenvalue weighted by molar-refractivity contribution is 0.376. The van der Waals surface area contributed by atoms with Crippen LogP contribution in [-0.4, -0.2) is 24.4 Å². The molecule has 0 saturated carbocycles. The standard InChI is InChI=1S/C10H8Cl2N2O2/c1-15-9-5-3-7(11)8(12)4-6(5)10(16-2)14-13-9/h3-4H,1-2H3. The Morgan fingerprint density at radius 2 is 1.25 bits per heavy atom. The van der Waals surface area contributed by atoms with Crippen molar-refractivity contribution in [2.45, 2.75) is 0 Å². The maximum absolute atomic E-state index is 5.94. The van der Waals surface area contributed by atoms with Gasteiger partial charge in [-0.1, -0.05) is 23.2 Å². The van der Waals surface area contributed by atoms with E-state index < -0.39 is 0 Å². The summed E-state index contributed by atoms with van der Waals surface area (Å²) in [5.74, 6) is 0.767. The predicted octanol–water partition coefficient (Wildman–Crippen LogP) is 2.95. The number of hydrogen-bond acceptors (Lipinski definition) is 4. The molecule has 2 aromatic rings. The number of ether oxygens (including phenoxy) is 2. The monoisotopic (exact) mass is 258 g/mol. The molecule has 0 spiro atoms. The first-order valence-electron chi connectivity index (χ1n) is 4.40. The van der Waals surface area contributed by atoms with Crippen molar-refractivity contribution in [3.63, 3.8) is 0 Å². The van der Waals surface area contributed by atoms with E-state index in [1.54, 1.807) is 12.1 Å². The highest BCUT2D eigenvalue weighted by atomic mass is 35.5. The first-order valence-corrected chi connectivity index (χ1v) is 5.16. The maximum atomic E-state index is 5.94. The van der Waals surface area contributed by atoms with E-state index in [4.69, 9.17) is 32.7 Å². The van der Waals surface area contributed by atoms with Gasteiger partial charge in [-0.3, -0.25) is 0 Å². The molecule has 2 rings (SSSR count). The molecule has 0 aliphatic heterocycles. The van der Waals surface area contributed by atoms with Crippen LogP contribution in [0, 0.1) is 0 Å². The highest BCUT2D eigenvalue weighted by Crippen LogP contribution is 2.35. The molecule has 6 heteroatoms. The number of aromatic nitrogens is 2. The Bertz CT molecular complexity index is 497. The van der Waals surface area contributed by atoms with Crippen molar-refractivity contribution >= 4 is 34.0 Å². The SMILES string of the molecule is COc1nnc(OC)c2cc(Cl)c(Cl)cc12. The van der Waals surface area contributed by atoms with Crippen molar-refractivity contribution in [3.05, 3.63) is 22.2 Å². The smallest absolute Gasteiger partial charge is 0.241 e. The van der Waals surface area contributed by atoms with Crippen molar-refractivity contribution < 1.29 is 9.47 Å². The van der Waals surface area contributed by atoms with E-state index in [-0.39, 0.29) is 0 Å². The molecule has 0 radical (unpaired) electrons. The Morgan fingerprint density at radius 3 is 1.56 bits per heavy atom. The minimum absolute atomic E-state index is 0.384. The van der Waals surface area contributed by atoms with E-state index in [1.165, 1.54) is 14.2 Å². The molecular weight excluding hydrogens is 251 g/mol. The van der Waals surface area contributed by atoms with E-state index in [0.717, 1.165) is 0 Å². The molecule has 0 saturated heterocycles. The third-order valence-corrected chi connectivity index (χ3v) is 2.86. The van der Waals surface area contributed by atoms with Gasteiger partial charge in [0.15, 0.2) is 0 Å². The van der Waals surface area contributed by atoms with E-state index in [9.17, 15) is 0 Å². The minimum atomic E-state index is 0.384. The second kappa shape index (κ2) is 4.31. The summed E-state index contributed by atoms with van der Waals surface area (Å²) in [6.45, 7) is 0. The third-order valence-electron chi connectivity index (χ3n) is 2.14. The van der Waals surface area contributed by atoms with Crippen LogP contribution < -0.4 is 9.47 Å². The van der Waals surface area contributed by atoms with Crippen molar-refractivity contribution in [1.29, 1.82) is 0 Å². The number of rotatable bonds is 2. The summed E-state index contributed by atoms with van der Waals surface area (Å²) in [7, 11) is 3.02. The molecule has 0 atom stereocenters. The first-order chi connectivity index (χ1) is 7.67. The quantitative estimate of drug-likeness (QED) is 0.831. The molecule has 1 aromatic carbocycles. The van der Waals surface area contributed by atoms with E-state index in [1.807, 2.05) is 0 Å². The molecule has 1 heterocycles. The van der Waals surface area contributed by atoms with Crippen LogP contribution in [0.5, 0.6) is 11.8 Å². The van der Waals surface area contributed by atoms with Gasteiger partial charge in [-0.2, -0.15) is 0 Å². The van der Waals surface area contributed by atoms with Gasteiger partial charge in [0.2, 0.25) is 11.8 Å². The zero-order valence-electron chi connectivity index (χ0n) is 8.62. The predicted molar refractivity (Wildman–Crippen MR) is 62.7 cm³/mol. The van der Waals surface area contributed by atoms with Gasteiger partial charge >= 0.3 is 0 Å². The summed E-state index contributed by atoms with van der Waals surface area (Å²) in [5, 5.41) is 10.0. The molecule has 0 N–H and O–H groups in total. The molecule has 84 valence electrons. The van der Waals surface area contributed by atoms with E-state index >= 15 is 0 Å². The molecule has 4 nitrogen and oxygen atoms in total. The zero-order chi connectivity index (χ0) is 11.7. The number of benzene rings is 1. The Hall–Kier alpha value is -1.26. The van der Waals surface area contributed by atoms with Crippen LogP contribution in [0.4, 0.5) is 0 Å². The molecule has 0 amide bonds. The van der Waals surface area contributed by atoms with E-state index in [0.29, 0.717) is 32.6 Å². The number of fused-ring (bicyclic) bond motifs is 1. The van der Waals surface area contributed by atoms with Crippen LogP contribution in [-0.2, 0) is 0 Å². The van der Waals surface area contributed by atoms with Crippen LogP contribution >= 0.6 is 23.2 Å². The molecule has 0 bridgehead atoms. The Balaban J connectivity index is 2.85. The molecule has 0 fully saturated rings. The lowest BCUT2D eigenvalue weighted by atomic mass is 10.2. The molecule has 16 heavy (non-hydrogen) atoms. The van der Waals surface area contributed by atoms with Crippen LogP contribution in [0.15, 0.2) is 12.1 Å². The fourth-order valence-electron chi connectivity index (χ4n) is 1.40. The van der Waals surface area contributed by atoms with Gasteiger partial charge in [0.25, 0.3) is 0 Å². The topological polar surface area (TPSA) is 44.2 Å². The van der Waals surface area contributed by atoms with Crippen LogP contribution in [0.2, 0.25) is 10.0 Å². The lowest BCUT2D eigenvalue weighted by Gasteiger charge is -2.08. The highest BCUT2D eigenvalue weighted by molar-refractivity contribution is 6.42. The van der Waals surface area contributed by atoms with Gasteiger partial charge < -0.3 is 9.47 Å². The molecule has 0 aliphatic carbocycles. The summed E-state index contributed by atoms with van der Waals surface area (Å²) in [5.41, 5.74) is 0. The third kappa shape index (κ3) is 1.74. The first kappa shape index (κ1) is 11.2. The van der Waals surface area contributed by atoms with Crippen molar-refractivity contribution in [1.82, 2.24) is 10.2 Å². The Kier molecular flexibility index (Phi) is 3.03. The summed E-state index contributed by atoms with van der Waals surface area (Å²) >= 11 is 11.9. The number of nitrogens with zero attached hydrogens (tertiary/aromatic N) is 2. The largest absolute Gasteiger partial charge is 0.479 e. The van der Waals surface area contributed by atoms with Crippen LogP contribution in [0.1, 0.15) is 0 Å². The summed E-state index contributed by atoms with van der Waals surface area (Å²) in [6.07, 6.45) is 0. The van der Waals surface area contributed by atoms with Crippen molar-refractivity contribution in [2.24, 2.45) is 0 Å². The molecule has 0 unspecified atom stereocenters. The average Bonchev–Trinajstić information content (AvgIpc) is 2.29. The molecule has 1 aromatic heterocycles. The summed E-state index contributed by atoms with van der Waals surface area (Å²) in [6, 6.07) is 3.35. The fraction of sp³-hybridized carbons (Fsp3) is 0.200. The van der Waals surface area contributed by atoms with Crippen LogP contribution in [0.25, 0.3) is 10.8 Å². The fourth-order valence-corrected chi connectivity index (χ4v) is 1.73. The maximum Gasteiger partial charge on any atom is 0.241 e. The van der Waals surface area contributed by atoms with Gasteiger partial charge in [0, 0.05) is 0 Å². The lowest BCUT2D eigenvalue weighted by Crippen LogP contribution is -1.96. The Morgan fingerprint density at radius 1 is 0.875 bits per heavy atom. The van der Waals surface area contributed by atoms with Crippen molar-refractivity contribution in [2.75, 3.05) is 14.2 Å². The summed E-state index contributed by atoms with van der Waals surface area (Å²) in [4.78, 5) is 0. The highest BCUT2D eigenvalue weighted by Gasteiger charge is 2.12. The van der Waals surface area contributed by atoms with Gasteiger partial charge in [-0.15, -0.1) is 10.2 Å². The molecule has 0 aliphatic rings.